The van der Waals surface area contributed by atoms with Crippen LogP contribution in [0.3, 0.4) is 0 Å². The van der Waals surface area contributed by atoms with Crippen LogP contribution in [-0.2, 0) is 7.05 Å². The Balaban J connectivity index is 1.55. The molecule has 2 heterocycles. The smallest absolute Gasteiger partial charge is 0.258 e. The van der Waals surface area contributed by atoms with Crippen LogP contribution in [-0.4, -0.2) is 25.4 Å². The monoisotopic (exact) mass is 421 g/mol. The number of carbonyl (C=O) groups excluding carboxylic acids is 1. The third-order valence-electron chi connectivity index (χ3n) is 4.11. The van der Waals surface area contributed by atoms with Crippen LogP contribution in [0.4, 0.5) is 5.69 Å². The number of nitrogens with zero attached hydrogens (tertiary/aromatic N) is 4. The van der Waals surface area contributed by atoms with Crippen LogP contribution < -0.4 is 5.32 Å². The maximum Gasteiger partial charge on any atom is 0.258 e. The van der Waals surface area contributed by atoms with Crippen molar-refractivity contribution in [3.05, 3.63) is 83.9 Å². The van der Waals surface area contributed by atoms with E-state index < -0.39 is 0 Å². The Bertz CT molecular complexity index is 1150. The van der Waals surface area contributed by atoms with Crippen molar-refractivity contribution >= 4 is 35.0 Å². The Morgan fingerprint density at radius 3 is 2.52 bits per heavy atom. The molecule has 0 atom stereocenters. The molecule has 8 heteroatoms. The maximum atomic E-state index is 12.7. The molecule has 0 aliphatic carbocycles. The summed E-state index contributed by atoms with van der Waals surface area (Å²) in [5, 5.41) is 4.23. The molecular formula is C21H16ClN5OS. The lowest BCUT2D eigenvalue weighted by molar-refractivity contribution is 0.102. The molecule has 4 aromatic rings. The van der Waals surface area contributed by atoms with Crippen molar-refractivity contribution in [2.45, 2.75) is 10.1 Å². The van der Waals surface area contributed by atoms with Crippen molar-refractivity contribution in [1.29, 1.82) is 0 Å². The standard InChI is InChI=1S/C21H16ClN5OS/c1-27-10-9-23-21(27)29-18-8-7-16(22)11-17(18)26-20(28)15-12-24-19(25-13-15)14-5-3-2-4-6-14/h2-13H,1H3,(H,26,28). The van der Waals surface area contributed by atoms with Crippen LogP contribution in [0.1, 0.15) is 10.4 Å². The normalized spacial score (nSPS) is 10.7. The Kier molecular flexibility index (Phi) is 5.59. The molecule has 4 rings (SSSR count). The average molecular weight is 422 g/mol. The zero-order valence-electron chi connectivity index (χ0n) is 15.4. The summed E-state index contributed by atoms with van der Waals surface area (Å²) in [6, 6.07) is 14.9. The van der Waals surface area contributed by atoms with E-state index in [0.717, 1.165) is 15.6 Å². The molecule has 144 valence electrons. The van der Waals surface area contributed by atoms with Crippen molar-refractivity contribution in [3.63, 3.8) is 0 Å². The van der Waals surface area contributed by atoms with Gasteiger partial charge in [0.05, 0.1) is 11.3 Å². The van der Waals surface area contributed by atoms with Gasteiger partial charge in [-0.2, -0.15) is 0 Å². The zero-order chi connectivity index (χ0) is 20.2. The largest absolute Gasteiger partial charge is 0.329 e. The quantitative estimate of drug-likeness (QED) is 0.494. The van der Waals surface area contributed by atoms with Gasteiger partial charge in [0.25, 0.3) is 5.91 Å². The van der Waals surface area contributed by atoms with Crippen LogP contribution in [0.5, 0.6) is 0 Å². The molecule has 0 saturated heterocycles. The number of imidazole rings is 1. The fourth-order valence-electron chi connectivity index (χ4n) is 2.61. The van der Waals surface area contributed by atoms with E-state index in [1.54, 1.807) is 18.3 Å². The minimum atomic E-state index is -0.312. The molecule has 0 fully saturated rings. The van der Waals surface area contributed by atoms with Gasteiger partial charge in [-0.1, -0.05) is 41.9 Å². The number of carbonyl (C=O) groups is 1. The maximum absolute atomic E-state index is 12.7. The van der Waals surface area contributed by atoms with Gasteiger partial charge in [-0.05, 0) is 30.0 Å². The van der Waals surface area contributed by atoms with E-state index in [-0.39, 0.29) is 5.91 Å². The van der Waals surface area contributed by atoms with Gasteiger partial charge in [0.2, 0.25) is 0 Å². The number of halogens is 1. The Morgan fingerprint density at radius 2 is 1.83 bits per heavy atom. The topological polar surface area (TPSA) is 72.7 Å². The predicted octanol–water partition coefficient (Wildman–Crippen LogP) is 4.93. The van der Waals surface area contributed by atoms with Crippen molar-refractivity contribution in [2.75, 3.05) is 5.32 Å². The molecule has 0 bridgehead atoms. The lowest BCUT2D eigenvalue weighted by Gasteiger charge is -2.11. The fourth-order valence-corrected chi connectivity index (χ4v) is 3.66. The van der Waals surface area contributed by atoms with E-state index >= 15 is 0 Å². The Hall–Kier alpha value is -3.16. The molecule has 2 aromatic heterocycles. The summed E-state index contributed by atoms with van der Waals surface area (Å²) in [5.41, 5.74) is 1.85. The number of anilines is 1. The second kappa shape index (κ2) is 8.46. The Labute approximate surface area is 177 Å². The minimum Gasteiger partial charge on any atom is -0.329 e. The van der Waals surface area contributed by atoms with E-state index in [1.807, 2.05) is 54.2 Å². The lowest BCUT2D eigenvalue weighted by Crippen LogP contribution is -2.13. The summed E-state index contributed by atoms with van der Waals surface area (Å²) in [4.78, 5) is 26.5. The molecular weight excluding hydrogens is 406 g/mol. The van der Waals surface area contributed by atoms with Crippen molar-refractivity contribution in [1.82, 2.24) is 19.5 Å². The second-order valence-electron chi connectivity index (χ2n) is 6.18. The summed E-state index contributed by atoms with van der Waals surface area (Å²) >= 11 is 7.58. The van der Waals surface area contributed by atoms with Crippen molar-refractivity contribution in [3.8, 4) is 11.4 Å². The van der Waals surface area contributed by atoms with E-state index in [4.69, 9.17) is 11.6 Å². The van der Waals surface area contributed by atoms with Crippen LogP contribution in [0.15, 0.2) is 83.4 Å². The molecule has 6 nitrogen and oxygen atoms in total. The van der Waals surface area contributed by atoms with Gasteiger partial charge in [0, 0.05) is 47.3 Å². The molecule has 1 amide bonds. The number of amides is 1. The second-order valence-corrected chi connectivity index (χ2v) is 7.62. The molecule has 0 radical (unpaired) electrons. The first-order valence-corrected chi connectivity index (χ1v) is 9.93. The van der Waals surface area contributed by atoms with Gasteiger partial charge in [-0.15, -0.1) is 0 Å². The lowest BCUT2D eigenvalue weighted by atomic mass is 10.2. The summed E-state index contributed by atoms with van der Waals surface area (Å²) < 4.78 is 1.90. The average Bonchev–Trinajstić information content (AvgIpc) is 3.15. The number of aryl methyl sites for hydroxylation is 1. The van der Waals surface area contributed by atoms with Gasteiger partial charge < -0.3 is 9.88 Å². The number of nitrogens with one attached hydrogen (secondary N) is 1. The highest BCUT2D eigenvalue weighted by Gasteiger charge is 2.14. The van der Waals surface area contributed by atoms with Crippen molar-refractivity contribution < 1.29 is 4.79 Å². The minimum absolute atomic E-state index is 0.312. The third-order valence-corrected chi connectivity index (χ3v) is 5.50. The molecule has 2 aromatic carbocycles. The summed E-state index contributed by atoms with van der Waals surface area (Å²) in [5.74, 6) is 0.254. The molecule has 1 N–H and O–H groups in total. The summed E-state index contributed by atoms with van der Waals surface area (Å²) in [6.45, 7) is 0. The van der Waals surface area contributed by atoms with Crippen LogP contribution in [0.2, 0.25) is 5.02 Å². The SMILES string of the molecule is Cn1ccnc1Sc1ccc(Cl)cc1NC(=O)c1cnc(-c2ccccc2)nc1. The van der Waals surface area contributed by atoms with Gasteiger partial charge in [0.1, 0.15) is 0 Å². The number of hydrogen-bond donors (Lipinski definition) is 1. The number of benzene rings is 2. The molecule has 0 unspecified atom stereocenters. The van der Waals surface area contributed by atoms with Gasteiger partial charge >= 0.3 is 0 Å². The van der Waals surface area contributed by atoms with E-state index in [0.29, 0.717) is 22.1 Å². The van der Waals surface area contributed by atoms with Gasteiger partial charge in [-0.25, -0.2) is 15.0 Å². The van der Waals surface area contributed by atoms with E-state index in [1.165, 1.54) is 24.2 Å². The zero-order valence-corrected chi connectivity index (χ0v) is 17.0. The summed E-state index contributed by atoms with van der Waals surface area (Å²) in [6.07, 6.45) is 6.62. The van der Waals surface area contributed by atoms with E-state index in [9.17, 15) is 4.79 Å². The van der Waals surface area contributed by atoms with Gasteiger partial charge in [0.15, 0.2) is 11.0 Å². The van der Waals surface area contributed by atoms with Crippen LogP contribution in [0, 0.1) is 0 Å². The highest BCUT2D eigenvalue weighted by Crippen LogP contribution is 2.34. The molecule has 29 heavy (non-hydrogen) atoms. The highest BCUT2D eigenvalue weighted by molar-refractivity contribution is 7.99. The molecule has 0 aliphatic heterocycles. The molecule has 0 aliphatic rings. The first kappa shape index (κ1) is 19.2. The van der Waals surface area contributed by atoms with E-state index in [2.05, 4.69) is 20.3 Å². The number of hydrogen-bond acceptors (Lipinski definition) is 5. The van der Waals surface area contributed by atoms with Crippen LogP contribution in [0.25, 0.3) is 11.4 Å². The molecule has 0 saturated carbocycles. The number of aromatic nitrogens is 4. The highest BCUT2D eigenvalue weighted by atomic mass is 35.5. The Morgan fingerprint density at radius 1 is 1.07 bits per heavy atom. The first-order valence-electron chi connectivity index (χ1n) is 8.74. The molecule has 0 spiro atoms. The first-order chi connectivity index (χ1) is 14.1. The summed E-state index contributed by atoms with van der Waals surface area (Å²) in [7, 11) is 1.91. The fraction of sp³-hybridized carbons (Fsp3) is 0.0476. The van der Waals surface area contributed by atoms with Gasteiger partial charge in [-0.3, -0.25) is 4.79 Å². The third kappa shape index (κ3) is 4.47. The number of rotatable bonds is 5. The predicted molar refractivity (Wildman–Crippen MR) is 114 cm³/mol. The van der Waals surface area contributed by atoms with Crippen LogP contribution >= 0.6 is 23.4 Å². The van der Waals surface area contributed by atoms with Crippen molar-refractivity contribution in [2.24, 2.45) is 7.05 Å².